The molecule has 0 N–H and O–H groups in total. The van der Waals surface area contributed by atoms with E-state index in [0.29, 0.717) is 5.56 Å². The van der Waals surface area contributed by atoms with Crippen molar-refractivity contribution in [2.24, 2.45) is 0 Å². The standard InChI is InChI=1S/C9H3Cl2F3N2O/c10-6-5(9(12,13)14)7(11)16-8(15-6)4-1-2-17-3-4/h1-3H. The van der Waals surface area contributed by atoms with Crippen LogP contribution in [0.5, 0.6) is 0 Å². The summed E-state index contributed by atoms with van der Waals surface area (Å²) < 4.78 is 42.3. The van der Waals surface area contributed by atoms with Gasteiger partial charge in [-0.15, -0.1) is 0 Å². The summed E-state index contributed by atoms with van der Waals surface area (Å²) in [6.45, 7) is 0. The van der Waals surface area contributed by atoms with Gasteiger partial charge in [0.1, 0.15) is 22.1 Å². The lowest BCUT2D eigenvalue weighted by atomic mass is 10.3. The Hall–Kier alpha value is -1.27. The van der Waals surface area contributed by atoms with Crippen LogP contribution < -0.4 is 0 Å². The van der Waals surface area contributed by atoms with E-state index in [1.165, 1.54) is 18.6 Å². The SMILES string of the molecule is FC(F)(F)c1c(Cl)nc(-c2ccoc2)nc1Cl. The second kappa shape index (κ2) is 4.19. The second-order valence-electron chi connectivity index (χ2n) is 3.01. The van der Waals surface area contributed by atoms with Crippen molar-refractivity contribution in [1.82, 2.24) is 9.97 Å². The van der Waals surface area contributed by atoms with Gasteiger partial charge in [-0.25, -0.2) is 9.97 Å². The molecule has 0 bridgehead atoms. The lowest BCUT2D eigenvalue weighted by molar-refractivity contribution is -0.137. The maximum atomic E-state index is 12.5. The van der Waals surface area contributed by atoms with Gasteiger partial charge in [0.05, 0.1) is 11.8 Å². The van der Waals surface area contributed by atoms with Gasteiger partial charge in [-0.1, -0.05) is 23.2 Å². The summed E-state index contributed by atoms with van der Waals surface area (Å²) >= 11 is 10.9. The fourth-order valence-corrected chi connectivity index (χ4v) is 1.76. The van der Waals surface area contributed by atoms with Gasteiger partial charge in [0.25, 0.3) is 0 Å². The van der Waals surface area contributed by atoms with E-state index < -0.39 is 22.0 Å². The quantitative estimate of drug-likeness (QED) is 0.741. The molecule has 2 aromatic heterocycles. The summed E-state index contributed by atoms with van der Waals surface area (Å²) in [5, 5.41) is -1.48. The first-order valence-corrected chi connectivity index (χ1v) is 4.98. The van der Waals surface area contributed by atoms with Crippen LogP contribution in [0.4, 0.5) is 13.2 Å². The third-order valence-corrected chi connectivity index (χ3v) is 2.43. The number of aromatic nitrogens is 2. The maximum Gasteiger partial charge on any atom is 0.422 e. The molecular weight excluding hydrogens is 280 g/mol. The molecule has 0 radical (unpaired) electrons. The highest BCUT2D eigenvalue weighted by Crippen LogP contribution is 2.38. The van der Waals surface area contributed by atoms with Crippen LogP contribution in [-0.2, 0) is 6.18 Å². The lowest BCUT2D eigenvalue weighted by Crippen LogP contribution is -2.10. The van der Waals surface area contributed by atoms with Gasteiger partial charge < -0.3 is 4.42 Å². The molecule has 3 nitrogen and oxygen atoms in total. The number of hydrogen-bond donors (Lipinski definition) is 0. The molecular formula is C9H3Cl2F3N2O. The first kappa shape index (κ1) is 12.2. The van der Waals surface area contributed by atoms with Crippen molar-refractivity contribution >= 4 is 23.2 Å². The molecule has 0 aliphatic carbocycles. The van der Waals surface area contributed by atoms with Crippen molar-refractivity contribution in [2.75, 3.05) is 0 Å². The van der Waals surface area contributed by atoms with Crippen LogP contribution >= 0.6 is 23.2 Å². The molecule has 0 amide bonds. The van der Waals surface area contributed by atoms with Crippen molar-refractivity contribution in [3.8, 4) is 11.4 Å². The van der Waals surface area contributed by atoms with Crippen LogP contribution in [0.25, 0.3) is 11.4 Å². The van der Waals surface area contributed by atoms with Gasteiger partial charge in [-0.3, -0.25) is 0 Å². The highest BCUT2D eigenvalue weighted by atomic mass is 35.5. The van der Waals surface area contributed by atoms with Gasteiger partial charge in [-0.05, 0) is 6.07 Å². The Morgan fingerprint density at radius 2 is 1.71 bits per heavy atom. The van der Waals surface area contributed by atoms with Crippen LogP contribution in [-0.4, -0.2) is 9.97 Å². The molecule has 0 atom stereocenters. The van der Waals surface area contributed by atoms with Gasteiger partial charge in [0, 0.05) is 0 Å². The number of rotatable bonds is 1. The van der Waals surface area contributed by atoms with E-state index >= 15 is 0 Å². The summed E-state index contributed by atoms with van der Waals surface area (Å²) in [6, 6.07) is 1.48. The average molecular weight is 283 g/mol. The van der Waals surface area contributed by atoms with E-state index in [1.54, 1.807) is 0 Å². The summed E-state index contributed by atoms with van der Waals surface area (Å²) in [5.41, 5.74) is -0.851. The molecule has 2 aromatic rings. The Labute approximate surface area is 103 Å². The molecule has 0 spiro atoms. The molecule has 0 unspecified atom stereocenters. The first-order chi connectivity index (χ1) is 7.89. The topological polar surface area (TPSA) is 38.9 Å². The van der Waals surface area contributed by atoms with Crippen molar-refractivity contribution in [3.63, 3.8) is 0 Å². The van der Waals surface area contributed by atoms with Crippen molar-refractivity contribution in [1.29, 1.82) is 0 Å². The highest BCUT2D eigenvalue weighted by molar-refractivity contribution is 6.34. The summed E-state index contributed by atoms with van der Waals surface area (Å²) in [7, 11) is 0. The summed E-state index contributed by atoms with van der Waals surface area (Å²) in [5.74, 6) is -0.0262. The molecule has 0 aliphatic heterocycles. The number of hydrogen-bond acceptors (Lipinski definition) is 3. The molecule has 0 saturated carbocycles. The zero-order valence-corrected chi connectivity index (χ0v) is 9.44. The van der Waals surface area contributed by atoms with Gasteiger partial charge in [0.15, 0.2) is 5.82 Å². The third kappa shape index (κ3) is 2.37. The number of nitrogens with zero attached hydrogens (tertiary/aromatic N) is 2. The Morgan fingerprint density at radius 3 is 2.12 bits per heavy atom. The smallest absolute Gasteiger partial charge is 0.422 e. The molecule has 2 rings (SSSR count). The number of alkyl halides is 3. The normalized spacial score (nSPS) is 11.8. The van der Waals surface area contributed by atoms with Crippen molar-refractivity contribution in [2.45, 2.75) is 6.18 Å². The average Bonchev–Trinajstić information content (AvgIpc) is 2.66. The van der Waals surface area contributed by atoms with E-state index in [9.17, 15) is 13.2 Å². The molecule has 0 aliphatic rings. The number of furan rings is 1. The third-order valence-electron chi connectivity index (χ3n) is 1.88. The predicted octanol–water partition coefficient (Wildman–Crippen LogP) is 4.06. The summed E-state index contributed by atoms with van der Waals surface area (Å²) in [4.78, 5) is 7.07. The zero-order valence-electron chi connectivity index (χ0n) is 7.92. The zero-order chi connectivity index (χ0) is 12.6. The van der Waals surface area contributed by atoms with Crippen molar-refractivity contribution in [3.05, 3.63) is 34.5 Å². The van der Waals surface area contributed by atoms with Crippen LogP contribution in [0.1, 0.15) is 5.56 Å². The maximum absolute atomic E-state index is 12.5. The second-order valence-corrected chi connectivity index (χ2v) is 3.73. The lowest BCUT2D eigenvalue weighted by Gasteiger charge is -2.10. The van der Waals surface area contributed by atoms with Gasteiger partial charge >= 0.3 is 6.18 Å². The highest BCUT2D eigenvalue weighted by Gasteiger charge is 2.38. The van der Waals surface area contributed by atoms with E-state index in [-0.39, 0.29) is 5.82 Å². The fraction of sp³-hybridized carbons (Fsp3) is 0.111. The Bertz CT molecular complexity index is 517. The Morgan fingerprint density at radius 1 is 1.12 bits per heavy atom. The van der Waals surface area contributed by atoms with Gasteiger partial charge in [0.2, 0.25) is 0 Å². The van der Waals surface area contributed by atoms with E-state index in [2.05, 4.69) is 9.97 Å². The first-order valence-electron chi connectivity index (χ1n) is 4.22. The van der Waals surface area contributed by atoms with E-state index in [4.69, 9.17) is 27.6 Å². The fourth-order valence-electron chi connectivity index (χ4n) is 1.16. The summed E-state index contributed by atoms with van der Waals surface area (Å²) in [6.07, 6.45) is -2.09. The molecule has 0 aromatic carbocycles. The van der Waals surface area contributed by atoms with Crippen molar-refractivity contribution < 1.29 is 17.6 Å². The van der Waals surface area contributed by atoms with Crippen LogP contribution in [0.3, 0.4) is 0 Å². The minimum Gasteiger partial charge on any atom is -0.472 e. The van der Waals surface area contributed by atoms with E-state index in [1.807, 2.05) is 0 Å². The molecule has 2 heterocycles. The van der Waals surface area contributed by atoms with Crippen LogP contribution in [0.15, 0.2) is 23.0 Å². The minimum atomic E-state index is -4.69. The molecule has 0 fully saturated rings. The van der Waals surface area contributed by atoms with Crippen LogP contribution in [0.2, 0.25) is 10.3 Å². The van der Waals surface area contributed by atoms with E-state index in [0.717, 1.165) is 0 Å². The molecule has 8 heteroatoms. The molecule has 90 valence electrons. The largest absolute Gasteiger partial charge is 0.472 e. The van der Waals surface area contributed by atoms with Crippen LogP contribution in [0, 0.1) is 0 Å². The molecule has 17 heavy (non-hydrogen) atoms. The Kier molecular flexibility index (Phi) is 3.01. The number of halogens is 5. The Balaban J connectivity index is 2.57. The minimum absolute atomic E-state index is 0.0262. The monoisotopic (exact) mass is 282 g/mol. The molecule has 0 saturated heterocycles. The predicted molar refractivity (Wildman–Crippen MR) is 54.8 cm³/mol. The van der Waals surface area contributed by atoms with Gasteiger partial charge in [-0.2, -0.15) is 13.2 Å².